The van der Waals surface area contributed by atoms with Gasteiger partial charge in [-0.25, -0.2) is 0 Å². The predicted octanol–water partition coefficient (Wildman–Crippen LogP) is 5.09. The maximum atomic E-state index is 2.41. The number of hydrogen-bond donors (Lipinski definition) is 0. The standard InChI is InChI=1S/C25H27N/c1-26(2)25-18-22-14-8-9-15-23(22)24(25)17-21-13-7-6-12-20(21)16-19-10-4-3-5-11-19/h3-15,24-25H,16-18H2,1-2H3/t24-,25-/m1/s1. The van der Waals surface area contributed by atoms with Crippen LogP contribution in [0, 0.1) is 0 Å². The third-order valence-electron chi connectivity index (χ3n) is 5.81. The Morgan fingerprint density at radius 1 is 0.769 bits per heavy atom. The average Bonchev–Trinajstić information content (AvgIpc) is 3.03. The predicted molar refractivity (Wildman–Crippen MR) is 110 cm³/mol. The summed E-state index contributed by atoms with van der Waals surface area (Å²) in [5.74, 6) is 0.568. The first kappa shape index (κ1) is 17.1. The molecule has 26 heavy (non-hydrogen) atoms. The van der Waals surface area contributed by atoms with E-state index in [1.807, 2.05) is 0 Å². The van der Waals surface area contributed by atoms with Gasteiger partial charge in [0.25, 0.3) is 0 Å². The molecule has 1 heteroatoms. The second-order valence-electron chi connectivity index (χ2n) is 7.68. The van der Waals surface area contributed by atoms with Gasteiger partial charge in [0.1, 0.15) is 0 Å². The van der Waals surface area contributed by atoms with E-state index in [0.717, 1.165) is 19.3 Å². The van der Waals surface area contributed by atoms with Crippen molar-refractivity contribution in [1.82, 2.24) is 4.90 Å². The molecule has 0 saturated carbocycles. The number of nitrogens with zero attached hydrogens (tertiary/aromatic N) is 1. The van der Waals surface area contributed by atoms with E-state index in [2.05, 4.69) is 97.9 Å². The molecule has 0 radical (unpaired) electrons. The van der Waals surface area contributed by atoms with Crippen LogP contribution in [0.3, 0.4) is 0 Å². The van der Waals surface area contributed by atoms with E-state index in [9.17, 15) is 0 Å². The molecule has 0 spiro atoms. The van der Waals surface area contributed by atoms with Gasteiger partial charge in [-0.3, -0.25) is 0 Å². The van der Waals surface area contributed by atoms with Crippen molar-refractivity contribution in [3.63, 3.8) is 0 Å². The summed E-state index contributed by atoms with van der Waals surface area (Å²) in [6.45, 7) is 0. The van der Waals surface area contributed by atoms with Crippen LogP contribution in [0.5, 0.6) is 0 Å². The van der Waals surface area contributed by atoms with Gasteiger partial charge in [-0.1, -0.05) is 78.9 Å². The molecule has 132 valence electrons. The first-order valence-electron chi connectivity index (χ1n) is 9.57. The minimum absolute atomic E-state index is 0.568. The zero-order valence-corrected chi connectivity index (χ0v) is 15.7. The van der Waals surface area contributed by atoms with Crippen LogP contribution in [0.4, 0.5) is 0 Å². The second kappa shape index (κ2) is 7.47. The van der Waals surface area contributed by atoms with Gasteiger partial charge in [0.2, 0.25) is 0 Å². The Labute approximate surface area is 157 Å². The lowest BCUT2D eigenvalue weighted by atomic mass is 9.87. The Balaban J connectivity index is 1.64. The lowest BCUT2D eigenvalue weighted by Crippen LogP contribution is -2.32. The first-order chi connectivity index (χ1) is 12.7. The van der Waals surface area contributed by atoms with Crippen LogP contribution in [-0.2, 0) is 19.3 Å². The quantitative estimate of drug-likeness (QED) is 0.625. The highest BCUT2D eigenvalue weighted by molar-refractivity contribution is 5.41. The molecule has 0 bridgehead atoms. The van der Waals surface area contributed by atoms with Crippen LogP contribution in [0.2, 0.25) is 0 Å². The van der Waals surface area contributed by atoms with Crippen LogP contribution in [-0.4, -0.2) is 25.0 Å². The third kappa shape index (κ3) is 3.45. The normalized spacial score (nSPS) is 18.9. The van der Waals surface area contributed by atoms with Crippen molar-refractivity contribution in [1.29, 1.82) is 0 Å². The molecule has 0 saturated heterocycles. The lowest BCUT2D eigenvalue weighted by Gasteiger charge is -2.27. The van der Waals surface area contributed by atoms with E-state index >= 15 is 0 Å². The van der Waals surface area contributed by atoms with Gasteiger partial charge in [0, 0.05) is 12.0 Å². The summed E-state index contributed by atoms with van der Waals surface area (Å²) < 4.78 is 0. The summed E-state index contributed by atoms with van der Waals surface area (Å²) in [6, 6.07) is 29.4. The number of fused-ring (bicyclic) bond motifs is 1. The van der Waals surface area contributed by atoms with Crippen LogP contribution in [0.25, 0.3) is 0 Å². The maximum absolute atomic E-state index is 2.41. The van der Waals surface area contributed by atoms with E-state index in [-0.39, 0.29) is 0 Å². The van der Waals surface area contributed by atoms with E-state index in [1.54, 1.807) is 5.56 Å². The van der Waals surface area contributed by atoms with Crippen molar-refractivity contribution in [2.24, 2.45) is 0 Å². The minimum Gasteiger partial charge on any atom is -0.305 e. The van der Waals surface area contributed by atoms with Gasteiger partial charge in [-0.15, -0.1) is 0 Å². The molecule has 0 aromatic heterocycles. The highest BCUT2D eigenvalue weighted by atomic mass is 15.1. The fraction of sp³-hybridized carbons (Fsp3) is 0.280. The monoisotopic (exact) mass is 341 g/mol. The first-order valence-corrected chi connectivity index (χ1v) is 9.57. The Kier molecular flexibility index (Phi) is 4.90. The molecule has 4 rings (SSSR count). The van der Waals surface area contributed by atoms with Crippen molar-refractivity contribution < 1.29 is 0 Å². The second-order valence-corrected chi connectivity index (χ2v) is 7.68. The molecule has 1 nitrogen and oxygen atoms in total. The van der Waals surface area contributed by atoms with E-state index in [4.69, 9.17) is 0 Å². The van der Waals surface area contributed by atoms with Gasteiger partial charge in [0.15, 0.2) is 0 Å². The van der Waals surface area contributed by atoms with Crippen LogP contribution >= 0.6 is 0 Å². The highest BCUT2D eigenvalue weighted by Gasteiger charge is 2.33. The molecule has 2 atom stereocenters. The Hall–Kier alpha value is -2.38. The van der Waals surface area contributed by atoms with Gasteiger partial charge >= 0.3 is 0 Å². The summed E-state index contributed by atoms with van der Waals surface area (Å²) >= 11 is 0. The minimum atomic E-state index is 0.568. The molecule has 0 heterocycles. The molecular weight excluding hydrogens is 314 g/mol. The molecule has 1 aliphatic carbocycles. The van der Waals surface area contributed by atoms with Gasteiger partial charge in [-0.05, 0) is 61.2 Å². The maximum Gasteiger partial charge on any atom is 0.0202 e. The molecule has 0 unspecified atom stereocenters. The zero-order valence-electron chi connectivity index (χ0n) is 15.7. The van der Waals surface area contributed by atoms with Gasteiger partial charge in [-0.2, -0.15) is 0 Å². The zero-order chi connectivity index (χ0) is 17.9. The number of hydrogen-bond acceptors (Lipinski definition) is 1. The summed E-state index contributed by atoms with van der Waals surface area (Å²) in [6.07, 6.45) is 3.29. The van der Waals surface area contributed by atoms with Crippen molar-refractivity contribution in [2.45, 2.75) is 31.2 Å². The van der Waals surface area contributed by atoms with E-state index in [0.29, 0.717) is 12.0 Å². The Bertz CT molecular complexity index is 866. The molecule has 0 amide bonds. The van der Waals surface area contributed by atoms with Crippen molar-refractivity contribution in [2.75, 3.05) is 14.1 Å². The molecule has 1 aliphatic rings. The van der Waals surface area contributed by atoms with E-state index < -0.39 is 0 Å². The Morgan fingerprint density at radius 3 is 2.19 bits per heavy atom. The fourth-order valence-electron chi connectivity index (χ4n) is 4.43. The van der Waals surface area contributed by atoms with Crippen LogP contribution in [0.1, 0.15) is 33.7 Å². The molecule has 0 N–H and O–H groups in total. The number of likely N-dealkylation sites (N-methyl/N-ethyl adjacent to an activating group) is 1. The summed E-state index contributed by atoms with van der Waals surface area (Å²) in [4.78, 5) is 2.41. The molecule has 3 aromatic carbocycles. The SMILES string of the molecule is CN(C)[C@@H]1Cc2ccccc2[C@H]1Cc1ccccc1Cc1ccccc1. The average molecular weight is 341 g/mol. The smallest absolute Gasteiger partial charge is 0.0202 e. The summed E-state index contributed by atoms with van der Waals surface area (Å²) in [5.41, 5.74) is 7.40. The Morgan fingerprint density at radius 2 is 1.42 bits per heavy atom. The molecule has 0 aliphatic heterocycles. The van der Waals surface area contributed by atoms with Crippen molar-refractivity contribution in [3.05, 3.63) is 107 Å². The lowest BCUT2D eigenvalue weighted by molar-refractivity contribution is 0.265. The summed E-state index contributed by atoms with van der Waals surface area (Å²) in [7, 11) is 4.44. The molecule has 3 aromatic rings. The third-order valence-corrected chi connectivity index (χ3v) is 5.81. The van der Waals surface area contributed by atoms with Crippen LogP contribution in [0.15, 0.2) is 78.9 Å². The van der Waals surface area contributed by atoms with Crippen molar-refractivity contribution >= 4 is 0 Å². The summed E-state index contributed by atoms with van der Waals surface area (Å²) in [5, 5.41) is 0. The molecule has 0 fully saturated rings. The fourth-order valence-corrected chi connectivity index (χ4v) is 4.43. The van der Waals surface area contributed by atoms with Gasteiger partial charge in [0.05, 0.1) is 0 Å². The number of benzene rings is 3. The topological polar surface area (TPSA) is 3.24 Å². The highest BCUT2D eigenvalue weighted by Crippen LogP contribution is 2.38. The number of rotatable bonds is 5. The van der Waals surface area contributed by atoms with Crippen LogP contribution < -0.4 is 0 Å². The van der Waals surface area contributed by atoms with E-state index in [1.165, 1.54) is 22.3 Å². The van der Waals surface area contributed by atoms with Gasteiger partial charge < -0.3 is 4.90 Å². The largest absolute Gasteiger partial charge is 0.305 e. The molecular formula is C25H27N. The van der Waals surface area contributed by atoms with Crippen molar-refractivity contribution in [3.8, 4) is 0 Å².